The van der Waals surface area contributed by atoms with Crippen LogP contribution in [-0.2, 0) is 12.8 Å². The predicted octanol–water partition coefficient (Wildman–Crippen LogP) is 2.87. The standard InChI is InChI=1S/C16H20N4O/c21-16(17-13-7-4-8-13)18-15-11-14(19-20-15)10-9-12-5-2-1-3-6-12/h1-3,5-6,11,13H,4,7-10H2,(H3,17,18,19,20,21). The smallest absolute Gasteiger partial charge is 0.320 e. The summed E-state index contributed by atoms with van der Waals surface area (Å²) < 4.78 is 0. The van der Waals surface area contributed by atoms with E-state index in [4.69, 9.17) is 0 Å². The topological polar surface area (TPSA) is 69.8 Å². The second-order valence-corrected chi connectivity index (χ2v) is 5.48. The van der Waals surface area contributed by atoms with Gasteiger partial charge in [-0.15, -0.1) is 0 Å². The van der Waals surface area contributed by atoms with Crippen molar-refractivity contribution in [1.29, 1.82) is 0 Å². The van der Waals surface area contributed by atoms with Gasteiger partial charge in [-0.2, -0.15) is 5.10 Å². The number of aryl methyl sites for hydroxylation is 2. The number of aromatic amines is 1. The van der Waals surface area contributed by atoms with Gasteiger partial charge in [0.15, 0.2) is 0 Å². The summed E-state index contributed by atoms with van der Waals surface area (Å²) in [5.74, 6) is 0.648. The maximum Gasteiger partial charge on any atom is 0.320 e. The lowest BCUT2D eigenvalue weighted by molar-refractivity contribution is 0.240. The van der Waals surface area contributed by atoms with Crippen LogP contribution in [0.1, 0.15) is 30.5 Å². The molecule has 2 amide bonds. The zero-order chi connectivity index (χ0) is 14.5. The summed E-state index contributed by atoms with van der Waals surface area (Å²) in [6.45, 7) is 0. The normalized spacial score (nSPS) is 14.5. The molecule has 21 heavy (non-hydrogen) atoms. The van der Waals surface area contributed by atoms with Crippen LogP contribution in [-0.4, -0.2) is 22.3 Å². The molecule has 1 fully saturated rings. The predicted molar refractivity (Wildman–Crippen MR) is 82.2 cm³/mol. The number of carbonyl (C=O) groups is 1. The molecule has 3 N–H and O–H groups in total. The molecular weight excluding hydrogens is 264 g/mol. The van der Waals surface area contributed by atoms with Crippen molar-refractivity contribution in [3.8, 4) is 0 Å². The first-order valence-corrected chi connectivity index (χ1v) is 7.45. The molecule has 1 aliphatic rings. The largest absolute Gasteiger partial charge is 0.335 e. The number of aromatic nitrogens is 2. The highest BCUT2D eigenvalue weighted by Gasteiger charge is 2.19. The highest BCUT2D eigenvalue weighted by atomic mass is 16.2. The first-order valence-electron chi connectivity index (χ1n) is 7.45. The van der Waals surface area contributed by atoms with Crippen molar-refractivity contribution < 1.29 is 4.79 Å². The van der Waals surface area contributed by atoms with Gasteiger partial charge in [0.05, 0.1) is 5.69 Å². The molecule has 3 rings (SSSR count). The molecule has 2 aromatic rings. The molecule has 1 heterocycles. The number of hydrogen-bond donors (Lipinski definition) is 3. The number of urea groups is 1. The number of amides is 2. The summed E-state index contributed by atoms with van der Waals surface area (Å²) in [6.07, 6.45) is 5.17. The third kappa shape index (κ3) is 3.84. The van der Waals surface area contributed by atoms with Crippen LogP contribution in [0.4, 0.5) is 10.6 Å². The average Bonchev–Trinajstić information content (AvgIpc) is 2.89. The molecule has 0 spiro atoms. The van der Waals surface area contributed by atoms with Gasteiger partial charge in [-0.25, -0.2) is 4.79 Å². The van der Waals surface area contributed by atoms with Crippen molar-refractivity contribution in [3.05, 3.63) is 47.7 Å². The maximum atomic E-state index is 11.7. The maximum absolute atomic E-state index is 11.7. The highest BCUT2D eigenvalue weighted by molar-refractivity contribution is 5.88. The van der Waals surface area contributed by atoms with E-state index in [9.17, 15) is 4.79 Å². The van der Waals surface area contributed by atoms with Crippen molar-refractivity contribution in [2.45, 2.75) is 38.1 Å². The van der Waals surface area contributed by atoms with Crippen LogP contribution >= 0.6 is 0 Å². The highest BCUT2D eigenvalue weighted by Crippen LogP contribution is 2.18. The van der Waals surface area contributed by atoms with E-state index in [1.165, 1.54) is 12.0 Å². The van der Waals surface area contributed by atoms with E-state index in [-0.39, 0.29) is 6.03 Å². The summed E-state index contributed by atoms with van der Waals surface area (Å²) >= 11 is 0. The van der Waals surface area contributed by atoms with Crippen molar-refractivity contribution in [2.24, 2.45) is 0 Å². The third-order valence-corrected chi connectivity index (χ3v) is 3.83. The Balaban J connectivity index is 1.47. The molecule has 0 saturated heterocycles. The van der Waals surface area contributed by atoms with Crippen LogP contribution in [0.5, 0.6) is 0 Å². The van der Waals surface area contributed by atoms with Crippen molar-refractivity contribution in [2.75, 3.05) is 5.32 Å². The summed E-state index contributed by atoms with van der Waals surface area (Å²) in [6, 6.07) is 12.4. The number of H-pyrrole nitrogens is 1. The van der Waals surface area contributed by atoms with Gasteiger partial charge < -0.3 is 5.32 Å². The monoisotopic (exact) mass is 284 g/mol. The molecule has 1 saturated carbocycles. The van der Waals surface area contributed by atoms with E-state index in [0.717, 1.165) is 31.4 Å². The van der Waals surface area contributed by atoms with E-state index in [1.54, 1.807) is 0 Å². The zero-order valence-corrected chi connectivity index (χ0v) is 11.9. The Morgan fingerprint density at radius 3 is 2.76 bits per heavy atom. The van der Waals surface area contributed by atoms with Gasteiger partial charge in [-0.05, 0) is 37.7 Å². The number of nitrogens with one attached hydrogen (secondary N) is 3. The lowest BCUT2D eigenvalue weighted by Crippen LogP contribution is -2.41. The molecule has 5 nitrogen and oxygen atoms in total. The first kappa shape index (κ1) is 13.7. The van der Waals surface area contributed by atoms with Gasteiger partial charge in [0.2, 0.25) is 0 Å². The van der Waals surface area contributed by atoms with Gasteiger partial charge in [-0.3, -0.25) is 10.4 Å². The minimum atomic E-state index is -0.155. The molecule has 0 atom stereocenters. The number of anilines is 1. The van der Waals surface area contributed by atoms with Crippen molar-refractivity contribution in [3.63, 3.8) is 0 Å². The van der Waals surface area contributed by atoms with Crippen LogP contribution in [0.15, 0.2) is 36.4 Å². The Bertz CT molecular complexity index is 589. The fourth-order valence-electron chi connectivity index (χ4n) is 2.37. The molecule has 0 radical (unpaired) electrons. The molecular formula is C16H20N4O. The lowest BCUT2D eigenvalue weighted by atomic mass is 9.93. The Morgan fingerprint density at radius 1 is 1.24 bits per heavy atom. The molecule has 1 aromatic heterocycles. The second-order valence-electron chi connectivity index (χ2n) is 5.48. The van der Waals surface area contributed by atoms with Gasteiger partial charge in [-0.1, -0.05) is 30.3 Å². The number of rotatable bonds is 5. The molecule has 1 aliphatic carbocycles. The van der Waals surface area contributed by atoms with E-state index in [1.807, 2.05) is 24.3 Å². The Hall–Kier alpha value is -2.30. The van der Waals surface area contributed by atoms with E-state index in [0.29, 0.717) is 11.9 Å². The van der Waals surface area contributed by atoms with Crippen molar-refractivity contribution >= 4 is 11.8 Å². The minimum Gasteiger partial charge on any atom is -0.335 e. The quantitative estimate of drug-likeness (QED) is 0.790. The molecule has 0 bridgehead atoms. The Kier molecular flexibility index (Phi) is 4.19. The molecule has 0 unspecified atom stereocenters. The number of carbonyl (C=O) groups excluding carboxylic acids is 1. The van der Waals surface area contributed by atoms with Gasteiger partial charge in [0.1, 0.15) is 5.82 Å². The molecule has 5 heteroatoms. The van der Waals surface area contributed by atoms with Gasteiger partial charge in [0, 0.05) is 12.1 Å². The van der Waals surface area contributed by atoms with Gasteiger partial charge in [0.25, 0.3) is 0 Å². The summed E-state index contributed by atoms with van der Waals surface area (Å²) in [7, 11) is 0. The van der Waals surface area contributed by atoms with Crippen molar-refractivity contribution in [1.82, 2.24) is 15.5 Å². The number of benzene rings is 1. The van der Waals surface area contributed by atoms with Crippen LogP contribution < -0.4 is 10.6 Å². The summed E-state index contributed by atoms with van der Waals surface area (Å²) in [4.78, 5) is 11.7. The molecule has 1 aromatic carbocycles. The summed E-state index contributed by atoms with van der Waals surface area (Å²) in [5.41, 5.74) is 2.25. The third-order valence-electron chi connectivity index (χ3n) is 3.83. The summed E-state index contributed by atoms with van der Waals surface area (Å²) in [5, 5.41) is 12.8. The van der Waals surface area contributed by atoms with Crippen LogP contribution in [0.25, 0.3) is 0 Å². The van der Waals surface area contributed by atoms with E-state index < -0.39 is 0 Å². The Labute approximate surface area is 124 Å². The Morgan fingerprint density at radius 2 is 2.05 bits per heavy atom. The first-order chi connectivity index (χ1) is 10.3. The minimum absolute atomic E-state index is 0.155. The van der Waals surface area contributed by atoms with E-state index in [2.05, 4.69) is 33.0 Å². The fraction of sp³-hybridized carbons (Fsp3) is 0.375. The molecule has 0 aliphatic heterocycles. The van der Waals surface area contributed by atoms with Gasteiger partial charge >= 0.3 is 6.03 Å². The second kappa shape index (κ2) is 6.43. The van der Waals surface area contributed by atoms with Crippen LogP contribution in [0, 0.1) is 0 Å². The van der Waals surface area contributed by atoms with E-state index >= 15 is 0 Å². The lowest BCUT2D eigenvalue weighted by Gasteiger charge is -2.26. The SMILES string of the molecule is O=C(Nc1cc(CCc2ccccc2)n[nH]1)NC1CCC1. The number of hydrogen-bond acceptors (Lipinski definition) is 2. The zero-order valence-electron chi connectivity index (χ0n) is 11.9. The molecule has 110 valence electrons. The van der Waals surface area contributed by atoms with Crippen LogP contribution in [0.3, 0.4) is 0 Å². The van der Waals surface area contributed by atoms with Crippen LogP contribution in [0.2, 0.25) is 0 Å². The fourth-order valence-corrected chi connectivity index (χ4v) is 2.37. The number of nitrogens with zero attached hydrogens (tertiary/aromatic N) is 1. The average molecular weight is 284 g/mol.